The highest BCUT2D eigenvalue weighted by molar-refractivity contribution is 9.10. The van der Waals surface area contributed by atoms with E-state index < -0.39 is 0 Å². The van der Waals surface area contributed by atoms with E-state index >= 15 is 0 Å². The molecule has 94 valence electrons. The summed E-state index contributed by atoms with van der Waals surface area (Å²) in [7, 11) is 2.06. The topological polar surface area (TPSA) is 29.5 Å². The standard InChI is InChI=1S/C13H18BrNO2/c1-11(16)17-10-4-3-9-15(2)13-7-5-12(14)6-8-13/h5-8H,3-4,9-10H2,1-2H3. The van der Waals surface area contributed by atoms with Crippen LogP contribution in [0.1, 0.15) is 19.8 Å². The lowest BCUT2D eigenvalue weighted by molar-refractivity contribution is -0.141. The minimum absolute atomic E-state index is 0.203. The van der Waals surface area contributed by atoms with Gasteiger partial charge in [0.15, 0.2) is 0 Å². The molecule has 0 spiro atoms. The number of hydrogen-bond donors (Lipinski definition) is 0. The van der Waals surface area contributed by atoms with Gasteiger partial charge in [0.05, 0.1) is 6.61 Å². The van der Waals surface area contributed by atoms with E-state index in [0.29, 0.717) is 6.61 Å². The first-order valence-corrected chi connectivity index (χ1v) is 6.49. The Morgan fingerprint density at radius 3 is 2.53 bits per heavy atom. The zero-order chi connectivity index (χ0) is 12.7. The lowest BCUT2D eigenvalue weighted by Gasteiger charge is -2.19. The van der Waals surface area contributed by atoms with Crippen LogP contribution in [-0.4, -0.2) is 26.2 Å². The summed E-state index contributed by atoms with van der Waals surface area (Å²) in [6, 6.07) is 8.22. The zero-order valence-electron chi connectivity index (χ0n) is 10.3. The number of hydrogen-bond acceptors (Lipinski definition) is 3. The van der Waals surface area contributed by atoms with Gasteiger partial charge >= 0.3 is 5.97 Å². The van der Waals surface area contributed by atoms with Crippen LogP contribution in [0.3, 0.4) is 0 Å². The van der Waals surface area contributed by atoms with Crippen molar-refractivity contribution < 1.29 is 9.53 Å². The van der Waals surface area contributed by atoms with Gasteiger partial charge in [-0.15, -0.1) is 0 Å². The Morgan fingerprint density at radius 2 is 1.94 bits per heavy atom. The first kappa shape index (κ1) is 14.0. The normalized spacial score (nSPS) is 10.1. The van der Waals surface area contributed by atoms with Gasteiger partial charge in [0.2, 0.25) is 0 Å². The van der Waals surface area contributed by atoms with Crippen molar-refractivity contribution in [2.45, 2.75) is 19.8 Å². The van der Waals surface area contributed by atoms with E-state index in [2.05, 4.69) is 40.0 Å². The van der Waals surface area contributed by atoms with Crippen LogP contribution in [0.4, 0.5) is 5.69 Å². The lowest BCUT2D eigenvalue weighted by Crippen LogP contribution is -2.18. The first-order valence-electron chi connectivity index (χ1n) is 5.69. The molecule has 0 unspecified atom stereocenters. The predicted octanol–water partition coefficient (Wildman–Crippen LogP) is 3.23. The second-order valence-electron chi connectivity index (χ2n) is 3.95. The van der Waals surface area contributed by atoms with Gasteiger partial charge in [0, 0.05) is 30.7 Å². The number of carbonyl (C=O) groups is 1. The van der Waals surface area contributed by atoms with Crippen molar-refractivity contribution in [1.29, 1.82) is 0 Å². The van der Waals surface area contributed by atoms with Crippen molar-refractivity contribution in [3.63, 3.8) is 0 Å². The Balaban J connectivity index is 2.23. The molecule has 0 saturated heterocycles. The van der Waals surface area contributed by atoms with Crippen LogP contribution in [0.25, 0.3) is 0 Å². The monoisotopic (exact) mass is 299 g/mol. The summed E-state index contributed by atoms with van der Waals surface area (Å²) in [4.78, 5) is 12.8. The van der Waals surface area contributed by atoms with Gasteiger partial charge in [-0.2, -0.15) is 0 Å². The van der Waals surface area contributed by atoms with Gasteiger partial charge in [0.25, 0.3) is 0 Å². The Labute approximate surface area is 111 Å². The SMILES string of the molecule is CC(=O)OCCCCN(C)c1ccc(Br)cc1. The average Bonchev–Trinajstić information content (AvgIpc) is 2.29. The van der Waals surface area contributed by atoms with Gasteiger partial charge in [-0.3, -0.25) is 4.79 Å². The molecule has 1 aromatic rings. The van der Waals surface area contributed by atoms with Gasteiger partial charge in [-0.05, 0) is 37.1 Å². The van der Waals surface area contributed by atoms with E-state index in [0.717, 1.165) is 23.9 Å². The van der Waals surface area contributed by atoms with E-state index in [9.17, 15) is 4.79 Å². The van der Waals surface area contributed by atoms with Crippen LogP contribution in [0.5, 0.6) is 0 Å². The Kier molecular flexibility index (Phi) is 6.05. The molecular weight excluding hydrogens is 282 g/mol. The quantitative estimate of drug-likeness (QED) is 0.597. The molecule has 0 aliphatic heterocycles. The number of benzene rings is 1. The largest absolute Gasteiger partial charge is 0.466 e. The number of nitrogens with zero attached hydrogens (tertiary/aromatic N) is 1. The fourth-order valence-corrected chi connectivity index (χ4v) is 1.76. The van der Waals surface area contributed by atoms with E-state index in [1.807, 2.05) is 12.1 Å². The maximum absolute atomic E-state index is 10.6. The van der Waals surface area contributed by atoms with Crippen LogP contribution in [0.15, 0.2) is 28.7 Å². The molecule has 0 fully saturated rings. The minimum atomic E-state index is -0.203. The molecule has 17 heavy (non-hydrogen) atoms. The molecule has 0 bridgehead atoms. The molecule has 0 aliphatic rings. The molecule has 1 aromatic carbocycles. The Hall–Kier alpha value is -1.03. The number of anilines is 1. The van der Waals surface area contributed by atoms with Gasteiger partial charge in [0.1, 0.15) is 0 Å². The van der Waals surface area contributed by atoms with Crippen molar-refractivity contribution in [2.24, 2.45) is 0 Å². The third-order valence-corrected chi connectivity index (χ3v) is 2.99. The summed E-state index contributed by atoms with van der Waals surface area (Å²) in [5.74, 6) is -0.203. The van der Waals surface area contributed by atoms with E-state index in [4.69, 9.17) is 4.74 Å². The molecular formula is C13H18BrNO2. The number of carbonyl (C=O) groups excluding carboxylic acids is 1. The molecule has 3 nitrogen and oxygen atoms in total. The van der Waals surface area contributed by atoms with Crippen LogP contribution in [-0.2, 0) is 9.53 Å². The maximum atomic E-state index is 10.6. The first-order chi connectivity index (χ1) is 8.09. The smallest absolute Gasteiger partial charge is 0.302 e. The number of halogens is 1. The summed E-state index contributed by atoms with van der Waals surface area (Å²) in [5, 5.41) is 0. The van der Waals surface area contributed by atoms with E-state index in [1.54, 1.807) is 0 Å². The average molecular weight is 300 g/mol. The summed E-state index contributed by atoms with van der Waals surface area (Å²) in [5.41, 5.74) is 1.20. The van der Waals surface area contributed by atoms with Gasteiger partial charge in [-0.25, -0.2) is 0 Å². The summed E-state index contributed by atoms with van der Waals surface area (Å²) in [6.07, 6.45) is 1.92. The van der Waals surface area contributed by atoms with Crippen molar-refractivity contribution in [2.75, 3.05) is 25.1 Å². The summed E-state index contributed by atoms with van der Waals surface area (Å²) in [6.45, 7) is 2.92. The maximum Gasteiger partial charge on any atom is 0.302 e. The van der Waals surface area contributed by atoms with Crippen LogP contribution in [0.2, 0.25) is 0 Å². The molecule has 0 saturated carbocycles. The van der Waals surface area contributed by atoms with E-state index in [-0.39, 0.29) is 5.97 Å². The van der Waals surface area contributed by atoms with E-state index in [1.165, 1.54) is 12.6 Å². The highest BCUT2D eigenvalue weighted by Crippen LogP contribution is 2.17. The Bertz CT molecular complexity index is 351. The molecule has 1 rings (SSSR count). The van der Waals surface area contributed by atoms with Crippen molar-refractivity contribution >= 4 is 27.6 Å². The minimum Gasteiger partial charge on any atom is -0.466 e. The molecule has 0 atom stereocenters. The van der Waals surface area contributed by atoms with Crippen LogP contribution in [0, 0.1) is 0 Å². The predicted molar refractivity (Wildman–Crippen MR) is 73.3 cm³/mol. The van der Waals surface area contributed by atoms with Crippen LogP contribution >= 0.6 is 15.9 Å². The fraction of sp³-hybridized carbons (Fsp3) is 0.462. The highest BCUT2D eigenvalue weighted by Gasteiger charge is 2.00. The second kappa shape index (κ2) is 7.33. The van der Waals surface area contributed by atoms with Crippen LogP contribution < -0.4 is 4.90 Å². The molecule has 0 heterocycles. The fourth-order valence-electron chi connectivity index (χ4n) is 1.49. The third-order valence-electron chi connectivity index (χ3n) is 2.46. The van der Waals surface area contributed by atoms with Gasteiger partial charge < -0.3 is 9.64 Å². The third kappa shape index (κ3) is 5.73. The molecule has 0 N–H and O–H groups in total. The molecule has 0 aromatic heterocycles. The molecule has 0 radical (unpaired) electrons. The molecule has 0 aliphatic carbocycles. The van der Waals surface area contributed by atoms with Crippen molar-refractivity contribution in [3.8, 4) is 0 Å². The van der Waals surface area contributed by atoms with Crippen molar-refractivity contribution in [1.82, 2.24) is 0 Å². The van der Waals surface area contributed by atoms with Crippen molar-refractivity contribution in [3.05, 3.63) is 28.7 Å². The number of unbranched alkanes of at least 4 members (excludes halogenated alkanes) is 1. The molecule has 0 amide bonds. The number of ether oxygens (including phenoxy) is 1. The van der Waals surface area contributed by atoms with Gasteiger partial charge in [-0.1, -0.05) is 15.9 Å². The number of esters is 1. The Morgan fingerprint density at radius 1 is 1.29 bits per heavy atom. The summed E-state index contributed by atoms with van der Waals surface area (Å²) < 4.78 is 5.97. The number of rotatable bonds is 6. The lowest BCUT2D eigenvalue weighted by atomic mass is 10.2. The second-order valence-corrected chi connectivity index (χ2v) is 4.86. The molecule has 4 heteroatoms. The summed E-state index contributed by atoms with van der Waals surface area (Å²) >= 11 is 3.41. The highest BCUT2D eigenvalue weighted by atomic mass is 79.9. The zero-order valence-corrected chi connectivity index (χ0v) is 11.9.